The summed E-state index contributed by atoms with van der Waals surface area (Å²) in [5, 5.41) is 9.28. The summed E-state index contributed by atoms with van der Waals surface area (Å²) < 4.78 is 44.1. The number of alkyl halides is 3. The molecule has 0 aromatic heterocycles. The zero-order chi connectivity index (χ0) is 14.5. The summed E-state index contributed by atoms with van der Waals surface area (Å²) in [5.41, 5.74) is 0.891. The van der Waals surface area contributed by atoms with Gasteiger partial charge in [0.25, 0.3) is 6.71 Å². The van der Waals surface area contributed by atoms with Gasteiger partial charge in [-0.1, -0.05) is 6.07 Å². The number of hydrogen-bond acceptors (Lipinski definition) is 2. The minimum Gasteiger partial charge on any atom is -0.376 e. The minimum atomic E-state index is -4.33. The molecule has 0 amide bonds. The highest BCUT2D eigenvalue weighted by Gasteiger charge is 2.46. The monoisotopic (exact) mass is 279 g/mol. The summed E-state index contributed by atoms with van der Waals surface area (Å²) in [6.07, 6.45) is -3.41. The molecule has 1 aliphatic heterocycles. The van der Waals surface area contributed by atoms with Gasteiger partial charge in [0.1, 0.15) is 0 Å². The maximum Gasteiger partial charge on any atom is 0.416 e. The standard InChI is InChI=1S/C14H13BF3NO/c1-8-6-15(7-19)13-11-3-2-10(14(16,17)18)4-9(11)5-12(13)20-8/h2-4,8,12-13H,5-6H2,1H3. The Kier molecular flexibility index (Phi) is 3.05. The molecule has 6 heteroatoms. The minimum absolute atomic E-state index is 0.0164. The van der Waals surface area contributed by atoms with E-state index < -0.39 is 11.7 Å². The van der Waals surface area contributed by atoms with Gasteiger partial charge in [-0.2, -0.15) is 13.2 Å². The summed E-state index contributed by atoms with van der Waals surface area (Å²) >= 11 is 0. The van der Waals surface area contributed by atoms with E-state index in [2.05, 4.69) is 5.97 Å². The molecule has 1 aliphatic carbocycles. The van der Waals surface area contributed by atoms with Crippen LogP contribution in [0.2, 0.25) is 6.32 Å². The van der Waals surface area contributed by atoms with Gasteiger partial charge in [0.05, 0.1) is 11.7 Å². The topological polar surface area (TPSA) is 33.0 Å². The number of halogens is 3. The number of nitriles is 1. The fraction of sp³-hybridized carbons (Fsp3) is 0.500. The molecule has 104 valence electrons. The molecule has 1 saturated heterocycles. The molecule has 3 unspecified atom stereocenters. The van der Waals surface area contributed by atoms with Gasteiger partial charge in [0, 0.05) is 17.9 Å². The van der Waals surface area contributed by atoms with Crippen molar-refractivity contribution in [3.63, 3.8) is 0 Å². The fourth-order valence-electron chi connectivity index (χ4n) is 3.43. The number of rotatable bonds is 0. The van der Waals surface area contributed by atoms with Crippen LogP contribution in [-0.4, -0.2) is 18.9 Å². The lowest BCUT2D eigenvalue weighted by Crippen LogP contribution is -2.41. The zero-order valence-corrected chi connectivity index (χ0v) is 10.9. The normalized spacial score (nSPS) is 28.8. The van der Waals surface area contributed by atoms with Crippen LogP contribution >= 0.6 is 0 Å². The smallest absolute Gasteiger partial charge is 0.376 e. The van der Waals surface area contributed by atoms with Crippen LogP contribution in [0.15, 0.2) is 18.2 Å². The van der Waals surface area contributed by atoms with E-state index in [1.54, 1.807) is 0 Å². The van der Waals surface area contributed by atoms with E-state index in [1.165, 1.54) is 12.1 Å². The lowest BCUT2D eigenvalue weighted by Gasteiger charge is -2.32. The van der Waals surface area contributed by atoms with Gasteiger partial charge in [-0.15, -0.1) is 0 Å². The highest BCUT2D eigenvalue weighted by atomic mass is 19.4. The average Bonchev–Trinajstić information content (AvgIpc) is 2.73. The first-order chi connectivity index (χ1) is 9.40. The number of hydrogen-bond donors (Lipinski definition) is 0. The highest BCUT2D eigenvalue weighted by Crippen LogP contribution is 2.43. The Morgan fingerprint density at radius 3 is 2.80 bits per heavy atom. The summed E-state index contributed by atoms with van der Waals surface area (Å²) in [6, 6.07) is 3.83. The third kappa shape index (κ3) is 2.10. The molecule has 1 aromatic rings. The SMILES string of the molecule is CC1CB(C#N)C2c3ccc(C(F)(F)F)cc3CC2O1. The zero-order valence-electron chi connectivity index (χ0n) is 10.9. The molecule has 3 rings (SSSR count). The third-order valence-corrected chi connectivity index (χ3v) is 4.24. The van der Waals surface area contributed by atoms with Crippen LogP contribution in [0.3, 0.4) is 0 Å². The molecule has 1 aromatic carbocycles. The number of fused-ring (bicyclic) bond motifs is 3. The summed E-state index contributed by atoms with van der Waals surface area (Å²) in [4.78, 5) is 0. The van der Waals surface area contributed by atoms with E-state index in [1.807, 2.05) is 6.92 Å². The Labute approximate surface area is 115 Å². The summed E-state index contributed by atoms with van der Waals surface area (Å²) in [7, 11) is 0. The Hall–Kier alpha value is -1.48. The second-order valence-electron chi connectivity index (χ2n) is 5.60. The molecule has 0 radical (unpaired) electrons. The van der Waals surface area contributed by atoms with Gasteiger partial charge in [-0.25, -0.2) is 5.26 Å². The largest absolute Gasteiger partial charge is 0.416 e. The number of nitrogens with zero attached hydrogens (tertiary/aromatic N) is 1. The van der Waals surface area contributed by atoms with Crippen molar-refractivity contribution in [2.45, 2.75) is 43.9 Å². The van der Waals surface area contributed by atoms with Crippen molar-refractivity contribution in [1.82, 2.24) is 0 Å². The van der Waals surface area contributed by atoms with Crippen LogP contribution in [0, 0.1) is 11.2 Å². The van der Waals surface area contributed by atoms with E-state index in [0.717, 1.165) is 11.6 Å². The Bertz CT molecular complexity index is 581. The van der Waals surface area contributed by atoms with Gasteiger partial charge < -0.3 is 4.74 Å². The summed E-state index contributed by atoms with van der Waals surface area (Å²) in [6.45, 7) is 1.73. The van der Waals surface area contributed by atoms with Crippen molar-refractivity contribution in [2.24, 2.45) is 0 Å². The molecule has 0 saturated carbocycles. The molecule has 20 heavy (non-hydrogen) atoms. The van der Waals surface area contributed by atoms with Crippen LogP contribution in [0.1, 0.15) is 29.4 Å². The predicted octanol–water partition coefficient (Wildman–Crippen LogP) is 3.23. The van der Waals surface area contributed by atoms with Gasteiger partial charge in [0.2, 0.25) is 0 Å². The van der Waals surface area contributed by atoms with Crippen LogP contribution in [0.4, 0.5) is 13.2 Å². The van der Waals surface area contributed by atoms with Crippen molar-refractivity contribution in [3.05, 3.63) is 34.9 Å². The lowest BCUT2D eigenvalue weighted by atomic mass is 9.37. The van der Waals surface area contributed by atoms with Crippen LogP contribution < -0.4 is 0 Å². The van der Waals surface area contributed by atoms with E-state index in [-0.39, 0.29) is 24.7 Å². The Balaban J connectivity index is 1.99. The lowest BCUT2D eigenvalue weighted by molar-refractivity contribution is -0.137. The second kappa shape index (κ2) is 4.52. The molecule has 1 fully saturated rings. The first kappa shape index (κ1) is 13.5. The Morgan fingerprint density at radius 2 is 2.15 bits per heavy atom. The van der Waals surface area contributed by atoms with Gasteiger partial charge in [-0.05, 0) is 42.9 Å². The maximum atomic E-state index is 12.7. The number of benzene rings is 1. The summed E-state index contributed by atoms with van der Waals surface area (Å²) in [5.74, 6) is 2.20. The molecule has 3 atom stereocenters. The fourth-order valence-corrected chi connectivity index (χ4v) is 3.43. The first-order valence-electron chi connectivity index (χ1n) is 6.65. The molecular weight excluding hydrogens is 266 g/mol. The predicted molar refractivity (Wildman–Crippen MR) is 68.4 cm³/mol. The van der Waals surface area contributed by atoms with E-state index in [9.17, 15) is 18.4 Å². The molecule has 0 spiro atoms. The third-order valence-electron chi connectivity index (χ3n) is 4.24. The van der Waals surface area contributed by atoms with Crippen molar-refractivity contribution >= 4 is 6.71 Å². The van der Waals surface area contributed by atoms with Crippen LogP contribution in [0.25, 0.3) is 0 Å². The molecule has 2 aliphatic rings. The van der Waals surface area contributed by atoms with Gasteiger partial charge in [0.15, 0.2) is 0 Å². The first-order valence-corrected chi connectivity index (χ1v) is 6.65. The van der Waals surface area contributed by atoms with Crippen LogP contribution in [-0.2, 0) is 17.3 Å². The number of ether oxygens (including phenoxy) is 1. The van der Waals surface area contributed by atoms with E-state index in [4.69, 9.17) is 4.74 Å². The van der Waals surface area contributed by atoms with Gasteiger partial charge in [-0.3, -0.25) is 0 Å². The average molecular weight is 279 g/mol. The molecule has 0 bridgehead atoms. The molecule has 2 nitrogen and oxygen atoms in total. The molecule has 1 heterocycles. The maximum absolute atomic E-state index is 12.7. The van der Waals surface area contributed by atoms with Crippen molar-refractivity contribution in [2.75, 3.05) is 0 Å². The highest BCUT2D eigenvalue weighted by molar-refractivity contribution is 6.69. The van der Waals surface area contributed by atoms with Crippen LogP contribution in [0.5, 0.6) is 0 Å². The van der Waals surface area contributed by atoms with Gasteiger partial charge >= 0.3 is 6.18 Å². The Morgan fingerprint density at radius 1 is 1.40 bits per heavy atom. The van der Waals surface area contributed by atoms with E-state index in [0.29, 0.717) is 18.3 Å². The quantitative estimate of drug-likeness (QED) is 0.683. The van der Waals surface area contributed by atoms with Crippen molar-refractivity contribution < 1.29 is 17.9 Å². The molecule has 0 N–H and O–H groups in total. The van der Waals surface area contributed by atoms with E-state index >= 15 is 0 Å². The van der Waals surface area contributed by atoms with Crippen molar-refractivity contribution in [3.8, 4) is 5.97 Å². The molecular formula is C14H13BF3NO. The van der Waals surface area contributed by atoms with Crippen molar-refractivity contribution in [1.29, 1.82) is 5.26 Å². The second-order valence-corrected chi connectivity index (χ2v) is 5.60.